The van der Waals surface area contributed by atoms with Gasteiger partial charge in [0.05, 0.1) is 26.9 Å². The van der Waals surface area contributed by atoms with Crippen LogP contribution in [0.4, 0.5) is 0 Å². The topological polar surface area (TPSA) is 96.0 Å². The predicted molar refractivity (Wildman–Crippen MR) is 134 cm³/mol. The first-order chi connectivity index (χ1) is 17.2. The zero-order valence-electron chi connectivity index (χ0n) is 21.2. The second-order valence-electron chi connectivity index (χ2n) is 9.44. The van der Waals surface area contributed by atoms with E-state index in [-0.39, 0.29) is 42.7 Å². The van der Waals surface area contributed by atoms with Gasteiger partial charge < -0.3 is 14.2 Å². The minimum absolute atomic E-state index is 0.0688. The molecule has 36 heavy (non-hydrogen) atoms. The smallest absolute Gasteiger partial charge is 0.313 e. The summed E-state index contributed by atoms with van der Waals surface area (Å²) in [5, 5.41) is 0. The van der Waals surface area contributed by atoms with Crippen molar-refractivity contribution in [2.24, 2.45) is 11.8 Å². The Morgan fingerprint density at radius 3 is 2.39 bits per heavy atom. The molecule has 1 aromatic carbocycles. The van der Waals surface area contributed by atoms with E-state index in [1.165, 1.54) is 6.08 Å². The summed E-state index contributed by atoms with van der Waals surface area (Å²) >= 11 is 0. The zero-order chi connectivity index (χ0) is 26.1. The fraction of sp³-hybridized carbons (Fsp3) is 0.448. The molecule has 7 nitrogen and oxygen atoms in total. The van der Waals surface area contributed by atoms with Crippen LogP contribution in [0.25, 0.3) is 0 Å². The van der Waals surface area contributed by atoms with Gasteiger partial charge in [-0.05, 0) is 68.5 Å². The summed E-state index contributed by atoms with van der Waals surface area (Å²) in [6.45, 7) is 4.52. The number of ketones is 3. The van der Waals surface area contributed by atoms with E-state index in [1.54, 1.807) is 26.2 Å². The highest BCUT2D eigenvalue weighted by Crippen LogP contribution is 2.35. The highest BCUT2D eigenvalue weighted by atomic mass is 16.5. The molecule has 0 saturated heterocycles. The Morgan fingerprint density at radius 1 is 0.917 bits per heavy atom. The average Bonchev–Trinajstić information content (AvgIpc) is 2.82. The second-order valence-corrected chi connectivity index (χ2v) is 9.44. The summed E-state index contributed by atoms with van der Waals surface area (Å²) in [5.41, 5.74) is 3.41. The third-order valence-electron chi connectivity index (χ3n) is 6.54. The summed E-state index contributed by atoms with van der Waals surface area (Å²) in [6.07, 6.45) is 5.74. The van der Waals surface area contributed by atoms with Crippen LogP contribution >= 0.6 is 0 Å². The van der Waals surface area contributed by atoms with Crippen LogP contribution in [0.1, 0.15) is 51.5 Å². The molecule has 0 saturated carbocycles. The Balaban J connectivity index is 1.71. The van der Waals surface area contributed by atoms with Gasteiger partial charge in [-0.3, -0.25) is 19.2 Å². The fourth-order valence-electron chi connectivity index (χ4n) is 4.61. The van der Waals surface area contributed by atoms with Gasteiger partial charge in [-0.2, -0.15) is 0 Å². The molecule has 0 radical (unpaired) electrons. The van der Waals surface area contributed by atoms with Crippen LogP contribution in [0.3, 0.4) is 0 Å². The summed E-state index contributed by atoms with van der Waals surface area (Å²) in [4.78, 5) is 50.3. The number of rotatable bonds is 6. The van der Waals surface area contributed by atoms with Gasteiger partial charge in [-0.25, -0.2) is 0 Å². The lowest BCUT2D eigenvalue weighted by molar-refractivity contribution is -0.145. The Bertz CT molecular complexity index is 1080. The number of esters is 1. The van der Waals surface area contributed by atoms with Gasteiger partial charge >= 0.3 is 5.97 Å². The first kappa shape index (κ1) is 27.3. The van der Waals surface area contributed by atoms with Crippen LogP contribution in [-0.4, -0.2) is 43.6 Å². The molecule has 192 valence electrons. The number of benzene rings is 1. The second kappa shape index (κ2) is 13.1. The summed E-state index contributed by atoms with van der Waals surface area (Å²) in [7, 11) is 1.61. The van der Waals surface area contributed by atoms with Crippen molar-refractivity contribution in [2.45, 2.75) is 52.6 Å². The van der Waals surface area contributed by atoms with E-state index in [4.69, 9.17) is 14.2 Å². The van der Waals surface area contributed by atoms with Crippen LogP contribution in [0.2, 0.25) is 0 Å². The molecule has 0 unspecified atom stereocenters. The summed E-state index contributed by atoms with van der Waals surface area (Å²) < 4.78 is 16.2. The number of allylic oxidation sites excluding steroid dienone is 5. The lowest BCUT2D eigenvalue weighted by Gasteiger charge is -2.30. The lowest BCUT2D eigenvalue weighted by atomic mass is 9.73. The summed E-state index contributed by atoms with van der Waals surface area (Å²) in [6, 6.07) is 7.58. The summed E-state index contributed by atoms with van der Waals surface area (Å²) in [5.74, 6) is -1.21. The van der Waals surface area contributed by atoms with E-state index < -0.39 is 11.9 Å². The number of methoxy groups -OCH3 is 1. The van der Waals surface area contributed by atoms with Crippen LogP contribution < -0.4 is 4.74 Å². The number of fused-ring (bicyclic) bond motifs is 1. The van der Waals surface area contributed by atoms with Gasteiger partial charge in [0.1, 0.15) is 12.2 Å². The van der Waals surface area contributed by atoms with Crippen molar-refractivity contribution in [3.8, 4) is 5.75 Å². The molecule has 0 spiro atoms. The largest absolute Gasteiger partial charge is 0.497 e. The average molecular weight is 495 g/mol. The minimum atomic E-state index is -0.602. The number of hydrogen-bond acceptors (Lipinski definition) is 7. The molecule has 2 aliphatic rings. The van der Waals surface area contributed by atoms with Crippen LogP contribution in [0.15, 0.2) is 59.2 Å². The van der Waals surface area contributed by atoms with Crippen molar-refractivity contribution >= 4 is 23.3 Å². The quantitative estimate of drug-likeness (QED) is 0.327. The van der Waals surface area contributed by atoms with Crippen LogP contribution in [0.5, 0.6) is 5.75 Å². The molecule has 1 aromatic rings. The maximum atomic E-state index is 13.0. The molecule has 0 amide bonds. The highest BCUT2D eigenvalue weighted by molar-refractivity contribution is 6.03. The number of carbonyl (C=O) groups is 4. The molecule has 1 heterocycles. The Morgan fingerprint density at radius 2 is 1.67 bits per heavy atom. The standard InChI is InChI=1S/C29H34O7/c1-19-12-26-20(2)14-23(30)17-29(33)36-11-9-21(15-24(31)16-27(26)28(32)13-19)8-10-35-18-22-4-6-25(34-3)7-5-22/h4-7,13-15,26-27H,8-12,16-18H2,1-3H3/b20-14-,21-15-/t26-,27-/m0/s1. The predicted octanol–water partition coefficient (Wildman–Crippen LogP) is 4.49. The molecule has 7 heteroatoms. The molecular formula is C29H34O7. The molecule has 0 bridgehead atoms. The Hall–Kier alpha value is -3.32. The van der Waals surface area contributed by atoms with Crippen LogP contribution in [-0.2, 0) is 35.3 Å². The number of cyclic esters (lactones) is 1. The molecule has 0 N–H and O–H groups in total. The SMILES string of the molecule is COc1ccc(COCC/C2=C/C(=O)C[C@@H]3C(=O)C=C(C)C[C@H]3/C(C)=C\C(=O)CC(=O)OCC2)cc1. The van der Waals surface area contributed by atoms with Gasteiger partial charge in [0.25, 0.3) is 0 Å². The maximum Gasteiger partial charge on any atom is 0.313 e. The normalized spacial score (nSPS) is 24.9. The third kappa shape index (κ3) is 8.12. The number of hydrogen-bond donors (Lipinski definition) is 0. The molecule has 3 rings (SSSR count). The fourth-order valence-corrected chi connectivity index (χ4v) is 4.61. The van der Waals surface area contributed by atoms with Crippen molar-refractivity contribution in [1.29, 1.82) is 0 Å². The third-order valence-corrected chi connectivity index (χ3v) is 6.54. The van der Waals surface area contributed by atoms with Crippen molar-refractivity contribution in [2.75, 3.05) is 20.3 Å². The number of ether oxygens (including phenoxy) is 3. The molecule has 1 aliphatic carbocycles. The van der Waals surface area contributed by atoms with Crippen molar-refractivity contribution < 1.29 is 33.4 Å². The van der Waals surface area contributed by atoms with Crippen molar-refractivity contribution in [1.82, 2.24) is 0 Å². The lowest BCUT2D eigenvalue weighted by Crippen LogP contribution is -2.30. The first-order valence-corrected chi connectivity index (χ1v) is 12.3. The molecule has 1 aliphatic heterocycles. The highest BCUT2D eigenvalue weighted by Gasteiger charge is 2.33. The first-order valence-electron chi connectivity index (χ1n) is 12.3. The molecule has 0 fully saturated rings. The Labute approximate surface area is 212 Å². The molecule has 0 aromatic heterocycles. The molecule has 2 atom stereocenters. The van der Waals surface area contributed by atoms with Gasteiger partial charge in [0.2, 0.25) is 0 Å². The van der Waals surface area contributed by atoms with E-state index in [1.807, 2.05) is 31.2 Å². The van der Waals surface area contributed by atoms with Crippen molar-refractivity contribution in [3.63, 3.8) is 0 Å². The van der Waals surface area contributed by atoms with E-state index in [0.717, 1.165) is 22.5 Å². The van der Waals surface area contributed by atoms with E-state index in [9.17, 15) is 19.2 Å². The number of carbonyl (C=O) groups excluding carboxylic acids is 4. The Kier molecular flexibility index (Phi) is 9.94. The monoisotopic (exact) mass is 494 g/mol. The van der Waals surface area contributed by atoms with Crippen molar-refractivity contribution in [3.05, 3.63) is 64.8 Å². The van der Waals surface area contributed by atoms with Gasteiger partial charge in [0, 0.05) is 18.8 Å². The van der Waals surface area contributed by atoms with Gasteiger partial charge in [-0.15, -0.1) is 0 Å². The van der Waals surface area contributed by atoms with Gasteiger partial charge in [0.15, 0.2) is 17.3 Å². The molecular weight excluding hydrogens is 460 g/mol. The van der Waals surface area contributed by atoms with E-state index in [2.05, 4.69) is 0 Å². The minimum Gasteiger partial charge on any atom is -0.497 e. The van der Waals surface area contributed by atoms with Crippen LogP contribution in [0, 0.1) is 11.8 Å². The zero-order valence-corrected chi connectivity index (χ0v) is 21.2. The van der Waals surface area contributed by atoms with E-state index >= 15 is 0 Å². The van der Waals surface area contributed by atoms with Gasteiger partial charge in [-0.1, -0.05) is 28.9 Å². The van der Waals surface area contributed by atoms with E-state index in [0.29, 0.717) is 38.0 Å². The maximum absolute atomic E-state index is 13.0.